The van der Waals surface area contributed by atoms with E-state index in [2.05, 4.69) is 11.4 Å². The Bertz CT molecular complexity index is 471. The lowest BCUT2D eigenvalue weighted by atomic mass is 10.1. The summed E-state index contributed by atoms with van der Waals surface area (Å²) in [5.74, 6) is 0.00480. The maximum Gasteiger partial charge on any atom is 0.238 e. The zero-order chi connectivity index (χ0) is 15.0. The summed E-state index contributed by atoms with van der Waals surface area (Å²) in [6.07, 6.45) is 2.42. The van der Waals surface area contributed by atoms with Gasteiger partial charge >= 0.3 is 0 Å². The second-order valence-corrected chi connectivity index (χ2v) is 5.17. The minimum Gasteiger partial charge on any atom is -0.324 e. The predicted octanol–water partition coefficient (Wildman–Crippen LogP) is 2.87. The van der Waals surface area contributed by atoms with Gasteiger partial charge in [0, 0.05) is 12.1 Å². The molecule has 4 heteroatoms. The van der Waals surface area contributed by atoms with Crippen molar-refractivity contribution in [3.05, 3.63) is 29.3 Å². The van der Waals surface area contributed by atoms with Gasteiger partial charge in [-0.2, -0.15) is 5.26 Å². The molecule has 108 valence electrons. The third-order valence-electron chi connectivity index (χ3n) is 3.24. The summed E-state index contributed by atoms with van der Waals surface area (Å²) < 4.78 is 0. The van der Waals surface area contributed by atoms with Crippen molar-refractivity contribution in [1.82, 2.24) is 4.90 Å². The number of nitrogens with one attached hydrogen (secondary N) is 1. The second kappa shape index (κ2) is 8.34. The SMILES string of the molecule is Cc1cccc(C)c1NC(=O)CN(C)CCCCC#N. The minimum absolute atomic E-state index is 0.00480. The van der Waals surface area contributed by atoms with E-state index in [4.69, 9.17) is 5.26 Å². The predicted molar refractivity (Wildman–Crippen MR) is 81.5 cm³/mol. The number of nitriles is 1. The van der Waals surface area contributed by atoms with Crippen LogP contribution < -0.4 is 5.32 Å². The number of likely N-dealkylation sites (N-methyl/N-ethyl adjacent to an activating group) is 1. The Labute approximate surface area is 121 Å². The molecule has 0 aliphatic rings. The van der Waals surface area contributed by atoms with Crippen molar-refractivity contribution >= 4 is 11.6 Å². The summed E-state index contributed by atoms with van der Waals surface area (Å²) in [7, 11) is 1.93. The Morgan fingerprint density at radius 2 is 1.95 bits per heavy atom. The first kappa shape index (κ1) is 16.2. The summed E-state index contributed by atoms with van der Waals surface area (Å²) in [5, 5.41) is 11.4. The number of unbranched alkanes of at least 4 members (excludes halogenated alkanes) is 2. The standard InChI is InChI=1S/C16H23N3O/c1-13-8-7-9-14(2)16(13)18-15(20)12-19(3)11-6-4-5-10-17/h7-9H,4-6,11-12H2,1-3H3,(H,18,20). The van der Waals surface area contributed by atoms with Gasteiger partial charge in [0.05, 0.1) is 12.6 Å². The molecule has 0 radical (unpaired) electrons. The number of para-hydroxylation sites is 1. The highest BCUT2D eigenvalue weighted by Gasteiger charge is 2.09. The van der Waals surface area contributed by atoms with E-state index in [1.165, 1.54) is 0 Å². The van der Waals surface area contributed by atoms with Crippen molar-refractivity contribution in [2.75, 3.05) is 25.5 Å². The van der Waals surface area contributed by atoms with Gasteiger partial charge in [-0.3, -0.25) is 9.69 Å². The van der Waals surface area contributed by atoms with E-state index in [0.717, 1.165) is 36.2 Å². The maximum absolute atomic E-state index is 12.0. The van der Waals surface area contributed by atoms with Crippen LogP contribution in [0.15, 0.2) is 18.2 Å². The van der Waals surface area contributed by atoms with Crippen molar-refractivity contribution in [3.8, 4) is 6.07 Å². The van der Waals surface area contributed by atoms with Gasteiger partial charge in [-0.1, -0.05) is 18.2 Å². The molecule has 0 saturated heterocycles. The van der Waals surface area contributed by atoms with Gasteiger partial charge in [0.15, 0.2) is 0 Å². The lowest BCUT2D eigenvalue weighted by Gasteiger charge is -2.17. The van der Waals surface area contributed by atoms with Gasteiger partial charge in [0.1, 0.15) is 0 Å². The largest absolute Gasteiger partial charge is 0.324 e. The quantitative estimate of drug-likeness (QED) is 0.777. The first-order valence-electron chi connectivity index (χ1n) is 6.96. The molecule has 0 spiro atoms. The van der Waals surface area contributed by atoms with Crippen LogP contribution in [-0.4, -0.2) is 30.9 Å². The van der Waals surface area contributed by atoms with Crippen LogP contribution in [0.3, 0.4) is 0 Å². The van der Waals surface area contributed by atoms with Crippen LogP contribution in [0.25, 0.3) is 0 Å². The molecule has 0 bridgehead atoms. The van der Waals surface area contributed by atoms with E-state index in [9.17, 15) is 4.79 Å². The number of benzene rings is 1. The Morgan fingerprint density at radius 1 is 1.30 bits per heavy atom. The van der Waals surface area contributed by atoms with Crippen LogP contribution in [0.4, 0.5) is 5.69 Å². The third kappa shape index (κ3) is 5.41. The highest BCUT2D eigenvalue weighted by atomic mass is 16.2. The number of aryl methyl sites for hydroxylation is 2. The van der Waals surface area contributed by atoms with Crippen LogP contribution in [-0.2, 0) is 4.79 Å². The lowest BCUT2D eigenvalue weighted by Crippen LogP contribution is -2.31. The van der Waals surface area contributed by atoms with Crippen molar-refractivity contribution in [1.29, 1.82) is 5.26 Å². The molecule has 4 nitrogen and oxygen atoms in total. The molecule has 0 aliphatic heterocycles. The topological polar surface area (TPSA) is 56.1 Å². The van der Waals surface area contributed by atoms with Crippen molar-refractivity contribution in [2.45, 2.75) is 33.1 Å². The fraction of sp³-hybridized carbons (Fsp3) is 0.500. The lowest BCUT2D eigenvalue weighted by molar-refractivity contribution is -0.117. The third-order valence-corrected chi connectivity index (χ3v) is 3.24. The zero-order valence-electron chi connectivity index (χ0n) is 12.6. The average Bonchev–Trinajstić information content (AvgIpc) is 2.39. The molecule has 0 unspecified atom stereocenters. The summed E-state index contributed by atoms with van der Waals surface area (Å²) in [6, 6.07) is 8.11. The Balaban J connectivity index is 2.42. The van der Waals surface area contributed by atoms with E-state index in [1.54, 1.807) is 0 Å². The Hall–Kier alpha value is -1.86. The maximum atomic E-state index is 12.0. The number of amides is 1. The van der Waals surface area contributed by atoms with Crippen LogP contribution in [0.5, 0.6) is 0 Å². The molecule has 1 aromatic carbocycles. The highest BCUT2D eigenvalue weighted by Crippen LogP contribution is 2.19. The van der Waals surface area contributed by atoms with Crippen molar-refractivity contribution in [3.63, 3.8) is 0 Å². The summed E-state index contributed by atoms with van der Waals surface area (Å²) in [6.45, 7) is 5.20. The normalized spacial score (nSPS) is 10.3. The molecule has 0 aliphatic carbocycles. The molecule has 1 aromatic rings. The molecule has 0 aromatic heterocycles. The van der Waals surface area contributed by atoms with Crippen molar-refractivity contribution < 1.29 is 4.79 Å². The zero-order valence-corrected chi connectivity index (χ0v) is 12.6. The van der Waals surface area contributed by atoms with Crippen LogP contribution in [0.1, 0.15) is 30.4 Å². The fourth-order valence-electron chi connectivity index (χ4n) is 2.10. The second-order valence-electron chi connectivity index (χ2n) is 5.17. The number of hydrogen-bond donors (Lipinski definition) is 1. The molecule has 1 N–H and O–H groups in total. The smallest absolute Gasteiger partial charge is 0.238 e. The van der Waals surface area contributed by atoms with Gasteiger partial charge < -0.3 is 5.32 Å². The monoisotopic (exact) mass is 273 g/mol. The summed E-state index contributed by atoms with van der Waals surface area (Å²) in [5.41, 5.74) is 3.07. The number of rotatable bonds is 7. The highest BCUT2D eigenvalue weighted by molar-refractivity contribution is 5.93. The van der Waals surface area contributed by atoms with Gasteiger partial charge in [-0.05, 0) is 51.4 Å². The molecule has 1 amide bonds. The van der Waals surface area contributed by atoms with E-state index >= 15 is 0 Å². The minimum atomic E-state index is 0.00480. The van der Waals surface area contributed by atoms with E-state index < -0.39 is 0 Å². The number of anilines is 1. The molecular formula is C16H23N3O. The van der Waals surface area contributed by atoms with E-state index in [-0.39, 0.29) is 5.91 Å². The summed E-state index contributed by atoms with van der Waals surface area (Å²) in [4.78, 5) is 14.0. The van der Waals surface area contributed by atoms with Crippen LogP contribution in [0.2, 0.25) is 0 Å². The molecule has 0 fully saturated rings. The Kier molecular flexibility index (Phi) is 6.75. The Morgan fingerprint density at radius 3 is 2.55 bits per heavy atom. The van der Waals surface area contributed by atoms with E-state index in [1.807, 2.05) is 44.0 Å². The molecule has 20 heavy (non-hydrogen) atoms. The number of nitrogens with zero attached hydrogens (tertiary/aromatic N) is 2. The number of carbonyl (C=O) groups is 1. The first-order valence-corrected chi connectivity index (χ1v) is 6.96. The molecular weight excluding hydrogens is 250 g/mol. The molecule has 0 heterocycles. The number of hydrogen-bond acceptors (Lipinski definition) is 3. The van der Waals surface area contributed by atoms with Gasteiger partial charge in [0.25, 0.3) is 0 Å². The fourth-order valence-corrected chi connectivity index (χ4v) is 2.10. The summed E-state index contributed by atoms with van der Waals surface area (Å²) >= 11 is 0. The molecule has 0 saturated carbocycles. The number of carbonyl (C=O) groups excluding carboxylic acids is 1. The van der Waals surface area contributed by atoms with E-state index in [0.29, 0.717) is 13.0 Å². The van der Waals surface area contributed by atoms with Gasteiger partial charge in [-0.25, -0.2) is 0 Å². The average molecular weight is 273 g/mol. The molecule has 1 rings (SSSR count). The van der Waals surface area contributed by atoms with Crippen LogP contribution >= 0.6 is 0 Å². The van der Waals surface area contributed by atoms with Crippen LogP contribution in [0, 0.1) is 25.2 Å². The van der Waals surface area contributed by atoms with Crippen molar-refractivity contribution in [2.24, 2.45) is 0 Å². The first-order chi connectivity index (χ1) is 9.54. The molecule has 0 atom stereocenters. The van der Waals surface area contributed by atoms with Gasteiger partial charge in [-0.15, -0.1) is 0 Å². The van der Waals surface area contributed by atoms with Gasteiger partial charge in [0.2, 0.25) is 5.91 Å².